The normalized spacial score (nSPS) is 10.9. The van der Waals surface area contributed by atoms with E-state index in [1.807, 2.05) is 13.1 Å². The minimum atomic E-state index is -0.171. The molecular formula is C15H15FIN. The Labute approximate surface area is 121 Å². The maximum Gasteiger partial charge on any atom is 0.123 e. The Balaban J connectivity index is 1.96. The minimum absolute atomic E-state index is 0.171. The Kier molecular flexibility index (Phi) is 4.72. The van der Waals surface area contributed by atoms with Gasteiger partial charge in [0.2, 0.25) is 0 Å². The summed E-state index contributed by atoms with van der Waals surface area (Å²) in [7, 11) is 2.04. The van der Waals surface area contributed by atoms with Gasteiger partial charge in [-0.25, -0.2) is 4.39 Å². The van der Waals surface area contributed by atoms with Crippen LogP contribution in [0, 0.1) is 9.39 Å². The molecule has 2 aromatic rings. The molecule has 0 radical (unpaired) electrons. The standard InChI is InChI=1S/C15H15FIN/c1-18(10-12-5-7-15(17)8-6-12)11-13-3-2-4-14(16)9-13/h2-9H,10-11H2,1H3. The van der Waals surface area contributed by atoms with Crippen molar-refractivity contribution in [3.8, 4) is 0 Å². The maximum absolute atomic E-state index is 13.1. The van der Waals surface area contributed by atoms with Gasteiger partial charge in [0.25, 0.3) is 0 Å². The third-order valence-corrected chi connectivity index (χ3v) is 3.43. The molecule has 0 fully saturated rings. The van der Waals surface area contributed by atoms with Crippen LogP contribution in [0.1, 0.15) is 11.1 Å². The van der Waals surface area contributed by atoms with Gasteiger partial charge in [0.15, 0.2) is 0 Å². The lowest BCUT2D eigenvalue weighted by atomic mass is 10.2. The fourth-order valence-corrected chi connectivity index (χ4v) is 2.26. The number of hydrogen-bond donors (Lipinski definition) is 0. The second-order valence-electron chi connectivity index (χ2n) is 4.43. The number of nitrogens with zero attached hydrogens (tertiary/aromatic N) is 1. The zero-order chi connectivity index (χ0) is 13.0. The van der Waals surface area contributed by atoms with E-state index < -0.39 is 0 Å². The van der Waals surface area contributed by atoms with Crippen LogP contribution < -0.4 is 0 Å². The average Bonchev–Trinajstić information content (AvgIpc) is 2.32. The monoisotopic (exact) mass is 355 g/mol. The fourth-order valence-electron chi connectivity index (χ4n) is 1.90. The van der Waals surface area contributed by atoms with Gasteiger partial charge < -0.3 is 0 Å². The molecular weight excluding hydrogens is 340 g/mol. The van der Waals surface area contributed by atoms with Gasteiger partial charge in [-0.05, 0) is 65.0 Å². The van der Waals surface area contributed by atoms with E-state index in [-0.39, 0.29) is 5.82 Å². The average molecular weight is 355 g/mol. The highest BCUT2D eigenvalue weighted by Gasteiger charge is 2.02. The Morgan fingerprint density at radius 2 is 1.67 bits per heavy atom. The van der Waals surface area contributed by atoms with Crippen LogP contribution in [0.5, 0.6) is 0 Å². The molecule has 0 spiro atoms. The molecule has 3 heteroatoms. The van der Waals surface area contributed by atoms with Gasteiger partial charge in [0.1, 0.15) is 5.82 Å². The van der Waals surface area contributed by atoms with Crippen molar-refractivity contribution in [2.45, 2.75) is 13.1 Å². The lowest BCUT2D eigenvalue weighted by molar-refractivity contribution is 0.318. The lowest BCUT2D eigenvalue weighted by Gasteiger charge is -2.16. The van der Waals surface area contributed by atoms with Crippen molar-refractivity contribution in [3.05, 3.63) is 69.0 Å². The van der Waals surface area contributed by atoms with E-state index in [4.69, 9.17) is 0 Å². The van der Waals surface area contributed by atoms with Gasteiger partial charge >= 0.3 is 0 Å². The Hall–Kier alpha value is -0.940. The summed E-state index contributed by atoms with van der Waals surface area (Å²) < 4.78 is 14.3. The van der Waals surface area contributed by atoms with Crippen molar-refractivity contribution in [1.29, 1.82) is 0 Å². The van der Waals surface area contributed by atoms with Crippen LogP contribution in [0.4, 0.5) is 4.39 Å². The molecule has 0 unspecified atom stereocenters. The highest BCUT2D eigenvalue weighted by atomic mass is 127. The molecule has 0 aliphatic rings. The molecule has 18 heavy (non-hydrogen) atoms. The van der Waals surface area contributed by atoms with Crippen LogP contribution >= 0.6 is 22.6 Å². The van der Waals surface area contributed by atoms with Crippen LogP contribution in [0.25, 0.3) is 0 Å². The Morgan fingerprint density at radius 3 is 2.33 bits per heavy atom. The second-order valence-corrected chi connectivity index (χ2v) is 5.67. The molecule has 0 saturated heterocycles. The van der Waals surface area contributed by atoms with Crippen molar-refractivity contribution in [2.24, 2.45) is 0 Å². The fraction of sp³-hybridized carbons (Fsp3) is 0.200. The number of hydrogen-bond acceptors (Lipinski definition) is 1. The van der Waals surface area contributed by atoms with Gasteiger partial charge in [0, 0.05) is 16.7 Å². The van der Waals surface area contributed by atoms with Crippen molar-refractivity contribution >= 4 is 22.6 Å². The van der Waals surface area contributed by atoms with Gasteiger partial charge in [-0.2, -0.15) is 0 Å². The Morgan fingerprint density at radius 1 is 1.00 bits per heavy atom. The molecule has 0 N–H and O–H groups in total. The summed E-state index contributed by atoms with van der Waals surface area (Å²) in [6.07, 6.45) is 0. The highest BCUT2D eigenvalue weighted by Crippen LogP contribution is 2.11. The molecule has 2 rings (SSSR count). The zero-order valence-corrected chi connectivity index (χ0v) is 12.4. The smallest absolute Gasteiger partial charge is 0.123 e. The zero-order valence-electron chi connectivity index (χ0n) is 10.2. The van der Waals surface area contributed by atoms with Crippen molar-refractivity contribution in [3.63, 3.8) is 0 Å². The molecule has 0 amide bonds. The van der Waals surface area contributed by atoms with Crippen molar-refractivity contribution in [2.75, 3.05) is 7.05 Å². The summed E-state index contributed by atoms with van der Waals surface area (Å²) in [5.74, 6) is -0.171. The van der Waals surface area contributed by atoms with E-state index in [0.717, 1.165) is 18.7 Å². The quantitative estimate of drug-likeness (QED) is 0.748. The van der Waals surface area contributed by atoms with Crippen LogP contribution in [0.15, 0.2) is 48.5 Å². The number of halogens is 2. The van der Waals surface area contributed by atoms with Gasteiger partial charge in [0.05, 0.1) is 0 Å². The van der Waals surface area contributed by atoms with E-state index in [2.05, 4.69) is 51.8 Å². The summed E-state index contributed by atoms with van der Waals surface area (Å²) >= 11 is 2.30. The van der Waals surface area contributed by atoms with E-state index >= 15 is 0 Å². The van der Waals surface area contributed by atoms with Gasteiger partial charge in [-0.3, -0.25) is 4.90 Å². The molecule has 0 aliphatic carbocycles. The lowest BCUT2D eigenvalue weighted by Crippen LogP contribution is -2.17. The molecule has 0 bridgehead atoms. The summed E-state index contributed by atoms with van der Waals surface area (Å²) in [5, 5.41) is 0. The molecule has 0 heterocycles. The van der Waals surface area contributed by atoms with Crippen LogP contribution in [-0.4, -0.2) is 11.9 Å². The molecule has 94 valence electrons. The Bertz CT molecular complexity index is 510. The molecule has 0 saturated carbocycles. The predicted molar refractivity (Wildman–Crippen MR) is 80.7 cm³/mol. The summed E-state index contributed by atoms with van der Waals surface area (Å²) in [6, 6.07) is 15.2. The first kappa shape index (κ1) is 13.5. The molecule has 2 aromatic carbocycles. The topological polar surface area (TPSA) is 3.24 Å². The summed E-state index contributed by atoms with van der Waals surface area (Å²) in [4.78, 5) is 2.18. The van der Waals surface area contributed by atoms with Gasteiger partial charge in [-0.15, -0.1) is 0 Å². The summed E-state index contributed by atoms with van der Waals surface area (Å²) in [6.45, 7) is 1.62. The minimum Gasteiger partial charge on any atom is -0.298 e. The largest absolute Gasteiger partial charge is 0.298 e. The maximum atomic E-state index is 13.1. The predicted octanol–water partition coefficient (Wildman–Crippen LogP) is 4.06. The third-order valence-electron chi connectivity index (χ3n) is 2.71. The number of rotatable bonds is 4. The van der Waals surface area contributed by atoms with Crippen molar-refractivity contribution in [1.82, 2.24) is 4.90 Å². The second kappa shape index (κ2) is 6.29. The molecule has 1 nitrogen and oxygen atoms in total. The van der Waals surface area contributed by atoms with Gasteiger partial charge in [-0.1, -0.05) is 24.3 Å². The molecule has 0 aliphatic heterocycles. The van der Waals surface area contributed by atoms with Crippen LogP contribution in [0.3, 0.4) is 0 Å². The first-order valence-corrected chi connectivity index (χ1v) is 6.89. The SMILES string of the molecule is CN(Cc1ccc(I)cc1)Cc1cccc(F)c1. The number of benzene rings is 2. The van der Waals surface area contributed by atoms with Crippen LogP contribution in [-0.2, 0) is 13.1 Å². The van der Waals surface area contributed by atoms with E-state index in [1.165, 1.54) is 15.2 Å². The highest BCUT2D eigenvalue weighted by molar-refractivity contribution is 14.1. The van der Waals surface area contributed by atoms with Crippen LogP contribution in [0.2, 0.25) is 0 Å². The third kappa shape index (κ3) is 4.07. The van der Waals surface area contributed by atoms with E-state index in [0.29, 0.717) is 0 Å². The van der Waals surface area contributed by atoms with Crippen molar-refractivity contribution < 1.29 is 4.39 Å². The first-order chi connectivity index (χ1) is 8.63. The first-order valence-electron chi connectivity index (χ1n) is 5.81. The van der Waals surface area contributed by atoms with E-state index in [9.17, 15) is 4.39 Å². The summed E-state index contributed by atoms with van der Waals surface area (Å²) in [5.41, 5.74) is 2.28. The molecule has 0 aromatic heterocycles. The van der Waals surface area contributed by atoms with E-state index in [1.54, 1.807) is 12.1 Å². The molecule has 0 atom stereocenters.